The summed E-state index contributed by atoms with van der Waals surface area (Å²) in [5.74, 6) is -0.812. The molecule has 0 bridgehead atoms. The van der Waals surface area contributed by atoms with Crippen LogP contribution in [0, 0.1) is 10.1 Å². The van der Waals surface area contributed by atoms with Crippen LogP contribution in [-0.2, 0) is 9.53 Å². The number of nitro benzene ring substituents is 1. The largest absolute Gasteiger partial charge is 0.483 e. The van der Waals surface area contributed by atoms with Gasteiger partial charge in [0.2, 0.25) is 0 Å². The summed E-state index contributed by atoms with van der Waals surface area (Å²) in [4.78, 5) is 33.5. The number of hydrogen-bond donors (Lipinski definition) is 1. The standard InChI is InChI=1S/C16H14N2O6/c1-23-16(20)13-4-2-3-5-14(13)24-10-15(19)17-11-6-8-12(9-7-11)18(21)22/h2-9H,10H2,1H3,(H,17,19). The van der Waals surface area contributed by atoms with Crippen molar-refractivity contribution in [3.05, 3.63) is 64.2 Å². The fourth-order valence-electron chi connectivity index (χ4n) is 1.88. The van der Waals surface area contributed by atoms with E-state index in [2.05, 4.69) is 10.1 Å². The van der Waals surface area contributed by atoms with Gasteiger partial charge in [-0.1, -0.05) is 12.1 Å². The van der Waals surface area contributed by atoms with E-state index in [1.807, 2.05) is 0 Å². The molecule has 0 fully saturated rings. The van der Waals surface area contributed by atoms with Crippen molar-refractivity contribution in [3.8, 4) is 5.75 Å². The Labute approximate surface area is 137 Å². The molecule has 0 spiro atoms. The van der Waals surface area contributed by atoms with Crippen LogP contribution >= 0.6 is 0 Å². The lowest BCUT2D eigenvalue weighted by atomic mass is 10.2. The zero-order valence-electron chi connectivity index (χ0n) is 12.7. The van der Waals surface area contributed by atoms with Gasteiger partial charge >= 0.3 is 5.97 Å². The molecule has 0 heterocycles. The SMILES string of the molecule is COC(=O)c1ccccc1OCC(=O)Nc1ccc([N+](=O)[O-])cc1. The average molecular weight is 330 g/mol. The van der Waals surface area contributed by atoms with E-state index in [-0.39, 0.29) is 23.6 Å². The van der Waals surface area contributed by atoms with Gasteiger partial charge in [0.15, 0.2) is 6.61 Å². The summed E-state index contributed by atoms with van der Waals surface area (Å²) in [6.45, 7) is -0.328. The molecular formula is C16H14N2O6. The first kappa shape index (κ1) is 16.9. The summed E-state index contributed by atoms with van der Waals surface area (Å²) < 4.78 is 9.97. The fraction of sp³-hybridized carbons (Fsp3) is 0.125. The molecule has 124 valence electrons. The molecule has 1 amide bonds. The molecule has 0 atom stereocenters. The van der Waals surface area contributed by atoms with Crippen molar-refractivity contribution < 1.29 is 24.0 Å². The summed E-state index contributed by atoms with van der Waals surface area (Å²) in [5.41, 5.74) is 0.537. The predicted molar refractivity (Wildman–Crippen MR) is 85.0 cm³/mol. The van der Waals surface area contributed by atoms with E-state index in [0.717, 1.165) is 0 Å². The van der Waals surface area contributed by atoms with Crippen molar-refractivity contribution in [2.75, 3.05) is 19.0 Å². The highest BCUT2D eigenvalue weighted by Gasteiger charge is 2.13. The van der Waals surface area contributed by atoms with Crippen LogP contribution in [0.5, 0.6) is 5.75 Å². The van der Waals surface area contributed by atoms with Crippen LogP contribution in [0.25, 0.3) is 0 Å². The Morgan fingerprint density at radius 3 is 2.42 bits per heavy atom. The Bertz CT molecular complexity index is 757. The molecule has 0 aliphatic rings. The van der Waals surface area contributed by atoms with Crippen LogP contribution in [0.2, 0.25) is 0 Å². The van der Waals surface area contributed by atoms with Gasteiger partial charge in [-0.05, 0) is 24.3 Å². The fourth-order valence-corrected chi connectivity index (χ4v) is 1.88. The number of rotatable bonds is 6. The van der Waals surface area contributed by atoms with Crippen molar-refractivity contribution in [1.82, 2.24) is 0 Å². The number of ether oxygens (including phenoxy) is 2. The number of amides is 1. The lowest BCUT2D eigenvalue weighted by Crippen LogP contribution is -2.21. The predicted octanol–water partition coefficient (Wildman–Crippen LogP) is 2.40. The maximum absolute atomic E-state index is 11.9. The first-order chi connectivity index (χ1) is 11.5. The van der Waals surface area contributed by atoms with Gasteiger partial charge in [0.1, 0.15) is 11.3 Å². The lowest BCUT2D eigenvalue weighted by molar-refractivity contribution is -0.384. The van der Waals surface area contributed by atoms with E-state index in [9.17, 15) is 19.7 Å². The van der Waals surface area contributed by atoms with Gasteiger partial charge < -0.3 is 14.8 Å². The van der Waals surface area contributed by atoms with E-state index < -0.39 is 16.8 Å². The number of nitrogens with zero attached hydrogens (tertiary/aromatic N) is 1. The highest BCUT2D eigenvalue weighted by molar-refractivity contribution is 5.94. The Balaban J connectivity index is 1.96. The number of methoxy groups -OCH3 is 1. The van der Waals surface area contributed by atoms with E-state index >= 15 is 0 Å². The minimum absolute atomic E-state index is 0.0729. The van der Waals surface area contributed by atoms with Crippen molar-refractivity contribution in [1.29, 1.82) is 0 Å². The summed E-state index contributed by atoms with van der Waals surface area (Å²) in [5, 5.41) is 13.1. The molecule has 2 aromatic rings. The summed E-state index contributed by atoms with van der Waals surface area (Å²) in [6, 6.07) is 11.8. The second-order valence-electron chi connectivity index (χ2n) is 4.63. The third-order valence-electron chi connectivity index (χ3n) is 3.01. The highest BCUT2D eigenvalue weighted by Crippen LogP contribution is 2.19. The minimum Gasteiger partial charge on any atom is -0.483 e. The smallest absolute Gasteiger partial charge is 0.341 e. The number of nitro groups is 1. The number of para-hydroxylation sites is 1. The van der Waals surface area contributed by atoms with E-state index in [4.69, 9.17) is 4.74 Å². The lowest BCUT2D eigenvalue weighted by Gasteiger charge is -2.10. The Hall–Kier alpha value is -3.42. The Kier molecular flexibility index (Phi) is 5.45. The van der Waals surface area contributed by atoms with Gasteiger partial charge in [0, 0.05) is 17.8 Å². The van der Waals surface area contributed by atoms with Crippen LogP contribution in [0.4, 0.5) is 11.4 Å². The topological polar surface area (TPSA) is 108 Å². The van der Waals surface area contributed by atoms with E-state index in [0.29, 0.717) is 5.69 Å². The monoisotopic (exact) mass is 330 g/mol. The Morgan fingerprint density at radius 1 is 1.12 bits per heavy atom. The second-order valence-corrected chi connectivity index (χ2v) is 4.63. The molecule has 24 heavy (non-hydrogen) atoms. The molecule has 0 aliphatic carbocycles. The van der Waals surface area contributed by atoms with Gasteiger partial charge in [-0.2, -0.15) is 0 Å². The Morgan fingerprint density at radius 2 is 1.79 bits per heavy atom. The van der Waals surface area contributed by atoms with Crippen molar-refractivity contribution in [2.24, 2.45) is 0 Å². The average Bonchev–Trinajstić information content (AvgIpc) is 2.60. The van der Waals surface area contributed by atoms with Gasteiger partial charge in [-0.25, -0.2) is 4.79 Å². The first-order valence-corrected chi connectivity index (χ1v) is 6.85. The molecule has 0 radical (unpaired) electrons. The van der Waals surface area contributed by atoms with Crippen LogP contribution < -0.4 is 10.1 Å². The summed E-state index contributed by atoms with van der Waals surface area (Å²) in [6.07, 6.45) is 0. The minimum atomic E-state index is -0.568. The number of benzene rings is 2. The van der Waals surface area contributed by atoms with Crippen molar-refractivity contribution >= 4 is 23.3 Å². The van der Waals surface area contributed by atoms with Crippen LogP contribution in [0.15, 0.2) is 48.5 Å². The molecule has 0 saturated carbocycles. The van der Waals surface area contributed by atoms with Gasteiger partial charge in [0.05, 0.1) is 12.0 Å². The number of anilines is 1. The van der Waals surface area contributed by atoms with Gasteiger partial charge in [0.25, 0.3) is 11.6 Å². The summed E-state index contributed by atoms with van der Waals surface area (Å²) in [7, 11) is 1.25. The molecule has 8 nitrogen and oxygen atoms in total. The third kappa shape index (κ3) is 4.29. The molecule has 0 saturated heterocycles. The number of non-ortho nitro benzene ring substituents is 1. The number of carbonyl (C=O) groups excluding carboxylic acids is 2. The zero-order chi connectivity index (χ0) is 17.5. The van der Waals surface area contributed by atoms with Crippen LogP contribution in [-0.4, -0.2) is 30.5 Å². The maximum atomic E-state index is 11.9. The molecule has 2 aromatic carbocycles. The number of carbonyl (C=O) groups is 2. The molecule has 2 rings (SSSR count). The van der Waals surface area contributed by atoms with E-state index in [1.54, 1.807) is 18.2 Å². The van der Waals surface area contributed by atoms with Gasteiger partial charge in [-0.3, -0.25) is 14.9 Å². The molecule has 0 aromatic heterocycles. The van der Waals surface area contributed by atoms with E-state index in [1.165, 1.54) is 37.4 Å². The number of esters is 1. The summed E-state index contributed by atoms with van der Waals surface area (Å²) >= 11 is 0. The molecular weight excluding hydrogens is 316 g/mol. The first-order valence-electron chi connectivity index (χ1n) is 6.85. The molecule has 8 heteroatoms. The number of hydrogen-bond acceptors (Lipinski definition) is 6. The molecule has 0 aliphatic heterocycles. The second kappa shape index (κ2) is 7.73. The quantitative estimate of drug-likeness (QED) is 0.495. The number of nitrogens with one attached hydrogen (secondary N) is 1. The van der Waals surface area contributed by atoms with Gasteiger partial charge in [-0.15, -0.1) is 0 Å². The molecule has 1 N–H and O–H groups in total. The molecule has 0 unspecified atom stereocenters. The van der Waals surface area contributed by atoms with Crippen LogP contribution in [0.1, 0.15) is 10.4 Å². The maximum Gasteiger partial charge on any atom is 0.341 e. The van der Waals surface area contributed by atoms with Crippen molar-refractivity contribution in [2.45, 2.75) is 0 Å². The normalized spacial score (nSPS) is 9.88. The van der Waals surface area contributed by atoms with Crippen molar-refractivity contribution in [3.63, 3.8) is 0 Å². The highest BCUT2D eigenvalue weighted by atomic mass is 16.6. The third-order valence-corrected chi connectivity index (χ3v) is 3.01. The zero-order valence-corrected chi connectivity index (χ0v) is 12.7. The van der Waals surface area contributed by atoms with Crippen LogP contribution in [0.3, 0.4) is 0 Å².